The third kappa shape index (κ3) is 3.43. The minimum atomic E-state index is -0.303. The Labute approximate surface area is 107 Å². The highest BCUT2D eigenvalue weighted by Gasteiger charge is 2.18. The highest BCUT2D eigenvalue weighted by Crippen LogP contribution is 2.26. The molecule has 4 nitrogen and oxygen atoms in total. The van der Waals surface area contributed by atoms with Crippen LogP contribution in [0, 0.1) is 12.8 Å². The maximum atomic E-state index is 11.5. The number of hydrogen-bond acceptors (Lipinski definition) is 5. The number of anilines is 1. The first-order chi connectivity index (χ1) is 7.99. The van der Waals surface area contributed by atoms with E-state index in [9.17, 15) is 4.79 Å². The fraction of sp³-hybridized carbons (Fsp3) is 0.667. The molecule has 0 bridgehead atoms. The maximum absolute atomic E-state index is 11.5. The van der Waals surface area contributed by atoms with E-state index in [1.807, 2.05) is 14.0 Å². The third-order valence-electron chi connectivity index (χ3n) is 2.77. The van der Waals surface area contributed by atoms with Crippen LogP contribution in [-0.4, -0.2) is 31.7 Å². The van der Waals surface area contributed by atoms with Crippen molar-refractivity contribution in [1.82, 2.24) is 4.98 Å². The molecular formula is C12H20N2O2S. The predicted molar refractivity (Wildman–Crippen MR) is 70.9 cm³/mol. The molecule has 0 amide bonds. The fourth-order valence-electron chi connectivity index (χ4n) is 1.50. The van der Waals surface area contributed by atoms with Crippen LogP contribution < -0.4 is 4.90 Å². The Kier molecular flexibility index (Phi) is 4.93. The van der Waals surface area contributed by atoms with Crippen LogP contribution in [-0.2, 0) is 4.74 Å². The molecule has 5 heteroatoms. The van der Waals surface area contributed by atoms with Crippen LogP contribution in [0.15, 0.2) is 0 Å². The molecule has 0 N–H and O–H groups in total. The van der Waals surface area contributed by atoms with Gasteiger partial charge in [-0.05, 0) is 12.8 Å². The Bertz CT molecular complexity index is 390. The normalized spacial score (nSPS) is 12.3. The van der Waals surface area contributed by atoms with Gasteiger partial charge in [0.05, 0.1) is 12.8 Å². The molecule has 0 saturated heterocycles. The molecule has 0 fully saturated rings. The van der Waals surface area contributed by atoms with Gasteiger partial charge in [-0.2, -0.15) is 0 Å². The van der Waals surface area contributed by atoms with E-state index in [1.54, 1.807) is 0 Å². The second-order valence-corrected chi connectivity index (χ2v) is 5.27. The SMILES string of the molecule is CCC(C)CN(C)c1nc(C)c(C(=O)OC)s1. The standard InChI is InChI=1S/C12H20N2O2S/c1-6-8(2)7-14(4)12-13-9(3)10(17-12)11(15)16-5/h8H,6-7H2,1-5H3. The van der Waals surface area contributed by atoms with E-state index >= 15 is 0 Å². The van der Waals surface area contributed by atoms with Gasteiger partial charge in [0.15, 0.2) is 5.13 Å². The van der Waals surface area contributed by atoms with Crippen molar-refractivity contribution in [3.63, 3.8) is 0 Å². The summed E-state index contributed by atoms with van der Waals surface area (Å²) >= 11 is 1.39. The number of esters is 1. The van der Waals surface area contributed by atoms with Crippen LogP contribution >= 0.6 is 11.3 Å². The predicted octanol–water partition coefficient (Wildman–Crippen LogP) is 2.72. The molecule has 0 spiro atoms. The molecule has 0 aliphatic carbocycles. The van der Waals surface area contributed by atoms with Gasteiger partial charge in [-0.15, -0.1) is 0 Å². The first-order valence-electron chi connectivity index (χ1n) is 5.76. The van der Waals surface area contributed by atoms with Crippen molar-refractivity contribution in [3.8, 4) is 0 Å². The number of thiazole rings is 1. The van der Waals surface area contributed by atoms with Crippen molar-refractivity contribution in [2.75, 3.05) is 25.6 Å². The number of nitrogens with zero attached hydrogens (tertiary/aromatic N) is 2. The number of ether oxygens (including phenoxy) is 1. The molecule has 17 heavy (non-hydrogen) atoms. The molecule has 0 saturated carbocycles. The molecule has 0 aliphatic rings. The minimum Gasteiger partial charge on any atom is -0.465 e. The molecule has 1 rings (SSSR count). The Morgan fingerprint density at radius 3 is 2.76 bits per heavy atom. The Balaban J connectivity index is 2.82. The highest BCUT2D eigenvalue weighted by molar-refractivity contribution is 7.17. The second-order valence-electron chi connectivity index (χ2n) is 4.30. The summed E-state index contributed by atoms with van der Waals surface area (Å²) in [6.45, 7) is 7.16. The molecular weight excluding hydrogens is 236 g/mol. The highest BCUT2D eigenvalue weighted by atomic mass is 32.1. The zero-order valence-corrected chi connectivity index (χ0v) is 11.9. The van der Waals surface area contributed by atoms with Gasteiger partial charge in [-0.3, -0.25) is 0 Å². The van der Waals surface area contributed by atoms with Gasteiger partial charge < -0.3 is 9.64 Å². The molecule has 96 valence electrons. The lowest BCUT2D eigenvalue weighted by atomic mass is 10.1. The summed E-state index contributed by atoms with van der Waals surface area (Å²) in [6.07, 6.45) is 1.14. The van der Waals surface area contributed by atoms with Gasteiger partial charge in [0, 0.05) is 13.6 Å². The van der Waals surface area contributed by atoms with Gasteiger partial charge in [0.2, 0.25) is 0 Å². The van der Waals surface area contributed by atoms with Crippen molar-refractivity contribution in [2.45, 2.75) is 27.2 Å². The van der Waals surface area contributed by atoms with E-state index in [0.717, 1.165) is 23.8 Å². The average molecular weight is 256 g/mol. The Morgan fingerprint density at radius 1 is 1.59 bits per heavy atom. The largest absolute Gasteiger partial charge is 0.465 e. The summed E-state index contributed by atoms with van der Waals surface area (Å²) in [4.78, 5) is 18.6. The smallest absolute Gasteiger partial charge is 0.350 e. The fourth-order valence-corrected chi connectivity index (χ4v) is 2.46. The van der Waals surface area contributed by atoms with Crippen LogP contribution in [0.4, 0.5) is 5.13 Å². The summed E-state index contributed by atoms with van der Waals surface area (Å²) in [5.74, 6) is 0.314. The zero-order valence-electron chi connectivity index (χ0n) is 11.1. The number of methoxy groups -OCH3 is 1. The lowest BCUT2D eigenvalue weighted by molar-refractivity contribution is 0.0605. The summed E-state index contributed by atoms with van der Waals surface area (Å²) in [7, 11) is 3.40. The lowest BCUT2D eigenvalue weighted by Gasteiger charge is -2.19. The molecule has 0 radical (unpaired) electrons. The maximum Gasteiger partial charge on any atom is 0.350 e. The second kappa shape index (κ2) is 6.00. The monoisotopic (exact) mass is 256 g/mol. The summed E-state index contributed by atoms with van der Waals surface area (Å²) < 4.78 is 4.73. The van der Waals surface area contributed by atoms with E-state index in [0.29, 0.717) is 10.8 Å². The molecule has 1 aromatic heterocycles. The number of carbonyl (C=O) groups excluding carboxylic acids is 1. The number of carbonyl (C=O) groups is 1. The van der Waals surface area contributed by atoms with Crippen molar-refractivity contribution in [3.05, 3.63) is 10.6 Å². The number of hydrogen-bond donors (Lipinski definition) is 0. The first kappa shape index (κ1) is 14.0. The van der Waals surface area contributed by atoms with Crippen molar-refractivity contribution < 1.29 is 9.53 Å². The topological polar surface area (TPSA) is 42.4 Å². The van der Waals surface area contributed by atoms with Crippen LogP contribution in [0.25, 0.3) is 0 Å². The van der Waals surface area contributed by atoms with Crippen molar-refractivity contribution >= 4 is 22.4 Å². The van der Waals surface area contributed by atoms with Crippen molar-refractivity contribution in [1.29, 1.82) is 0 Å². The molecule has 1 aromatic rings. The van der Waals surface area contributed by atoms with E-state index in [4.69, 9.17) is 4.74 Å². The first-order valence-corrected chi connectivity index (χ1v) is 6.58. The molecule has 1 unspecified atom stereocenters. The van der Waals surface area contributed by atoms with Crippen LogP contribution in [0.5, 0.6) is 0 Å². The van der Waals surface area contributed by atoms with Crippen molar-refractivity contribution in [2.24, 2.45) is 5.92 Å². The van der Waals surface area contributed by atoms with Gasteiger partial charge in [0.25, 0.3) is 0 Å². The van der Waals surface area contributed by atoms with Gasteiger partial charge in [-0.1, -0.05) is 31.6 Å². The molecule has 0 aromatic carbocycles. The summed E-state index contributed by atoms with van der Waals surface area (Å²) in [5, 5.41) is 0.878. The molecule has 1 heterocycles. The average Bonchev–Trinajstić information content (AvgIpc) is 2.70. The minimum absolute atomic E-state index is 0.303. The van der Waals surface area contributed by atoms with Crippen LogP contribution in [0.1, 0.15) is 35.6 Å². The number of aryl methyl sites for hydroxylation is 1. The number of rotatable bonds is 5. The van der Waals surface area contributed by atoms with Gasteiger partial charge in [0.1, 0.15) is 4.88 Å². The van der Waals surface area contributed by atoms with E-state index < -0.39 is 0 Å². The van der Waals surface area contributed by atoms with E-state index in [1.165, 1.54) is 18.4 Å². The van der Waals surface area contributed by atoms with Crippen LogP contribution in [0.2, 0.25) is 0 Å². The molecule has 1 atom stereocenters. The van der Waals surface area contributed by atoms with Gasteiger partial charge in [-0.25, -0.2) is 9.78 Å². The summed E-state index contributed by atoms with van der Waals surface area (Å²) in [6, 6.07) is 0. The van der Waals surface area contributed by atoms with Crippen LogP contribution in [0.3, 0.4) is 0 Å². The zero-order chi connectivity index (χ0) is 13.0. The quantitative estimate of drug-likeness (QED) is 0.760. The van der Waals surface area contributed by atoms with Gasteiger partial charge >= 0.3 is 5.97 Å². The lowest BCUT2D eigenvalue weighted by Crippen LogP contribution is -2.23. The third-order valence-corrected chi connectivity index (χ3v) is 4.02. The molecule has 0 aliphatic heterocycles. The van der Waals surface area contributed by atoms with E-state index in [-0.39, 0.29) is 5.97 Å². The number of aromatic nitrogens is 1. The Hall–Kier alpha value is -1.10. The summed E-state index contributed by atoms with van der Waals surface area (Å²) in [5.41, 5.74) is 0.743. The Morgan fingerprint density at radius 2 is 2.24 bits per heavy atom. The van der Waals surface area contributed by atoms with E-state index in [2.05, 4.69) is 23.7 Å².